The fourth-order valence-corrected chi connectivity index (χ4v) is 2.59. The lowest BCUT2D eigenvalue weighted by Gasteiger charge is -2.22. The number of rotatable bonds is 3. The van der Waals surface area contributed by atoms with E-state index in [1.54, 1.807) is 11.3 Å². The molecule has 5 heteroatoms. The van der Waals surface area contributed by atoms with Gasteiger partial charge in [-0.05, 0) is 26.3 Å². The number of carbonyl (C=O) groups excluding carboxylic acids is 1. The van der Waals surface area contributed by atoms with Gasteiger partial charge in [0.05, 0.1) is 17.6 Å². The zero-order chi connectivity index (χ0) is 11.4. The molecule has 1 aromatic rings. The fourth-order valence-electron chi connectivity index (χ4n) is 1.86. The number of hydrogen-bond donors (Lipinski definition) is 2. The zero-order valence-corrected chi connectivity index (χ0v) is 10.3. The lowest BCUT2D eigenvalue weighted by atomic mass is 10.0. The van der Waals surface area contributed by atoms with E-state index in [2.05, 4.69) is 15.6 Å². The zero-order valence-electron chi connectivity index (χ0n) is 9.45. The number of nitrogens with one attached hydrogen (secondary N) is 2. The number of thiazole rings is 1. The molecule has 1 aromatic heterocycles. The normalized spacial score (nSPS) is 20.7. The summed E-state index contributed by atoms with van der Waals surface area (Å²) in [6.45, 7) is 3.53. The lowest BCUT2D eigenvalue weighted by Crippen LogP contribution is -2.46. The van der Waals surface area contributed by atoms with Crippen LogP contribution >= 0.6 is 11.3 Å². The van der Waals surface area contributed by atoms with E-state index in [9.17, 15) is 4.79 Å². The van der Waals surface area contributed by atoms with Crippen LogP contribution in [0.15, 0.2) is 6.20 Å². The predicted molar refractivity (Wildman–Crippen MR) is 64.3 cm³/mol. The van der Waals surface area contributed by atoms with E-state index in [1.165, 1.54) is 6.42 Å². The third-order valence-corrected chi connectivity index (χ3v) is 3.65. The van der Waals surface area contributed by atoms with E-state index in [0.717, 1.165) is 29.3 Å². The van der Waals surface area contributed by atoms with Gasteiger partial charge >= 0.3 is 0 Å². The summed E-state index contributed by atoms with van der Waals surface area (Å²) in [4.78, 5) is 17.1. The summed E-state index contributed by atoms with van der Waals surface area (Å²) in [7, 11) is 0. The summed E-state index contributed by atoms with van der Waals surface area (Å²) in [5.74, 6) is 0.116. The SMILES string of the molecule is Cc1ncc(CNC(=O)[C@@H]2CCCCN2)s1. The molecule has 2 heterocycles. The Morgan fingerprint density at radius 1 is 1.69 bits per heavy atom. The molecule has 1 fully saturated rings. The third-order valence-electron chi connectivity index (χ3n) is 2.73. The van der Waals surface area contributed by atoms with Gasteiger partial charge in [-0.2, -0.15) is 0 Å². The molecule has 2 rings (SSSR count). The highest BCUT2D eigenvalue weighted by atomic mass is 32.1. The second kappa shape index (κ2) is 5.41. The highest BCUT2D eigenvalue weighted by Crippen LogP contribution is 2.11. The molecule has 0 unspecified atom stereocenters. The molecule has 16 heavy (non-hydrogen) atoms. The largest absolute Gasteiger partial charge is 0.350 e. The molecular weight excluding hydrogens is 222 g/mol. The molecule has 1 aliphatic rings. The van der Waals surface area contributed by atoms with Gasteiger partial charge in [-0.15, -0.1) is 11.3 Å². The van der Waals surface area contributed by atoms with Crippen LogP contribution in [-0.4, -0.2) is 23.5 Å². The maximum atomic E-state index is 11.8. The fraction of sp³-hybridized carbons (Fsp3) is 0.636. The van der Waals surface area contributed by atoms with E-state index in [4.69, 9.17) is 0 Å². The van der Waals surface area contributed by atoms with Gasteiger partial charge in [-0.25, -0.2) is 4.98 Å². The topological polar surface area (TPSA) is 54.0 Å². The van der Waals surface area contributed by atoms with Crippen molar-refractivity contribution in [2.24, 2.45) is 0 Å². The first-order valence-corrected chi connectivity index (χ1v) is 6.50. The van der Waals surface area contributed by atoms with Crippen molar-refractivity contribution in [3.63, 3.8) is 0 Å². The van der Waals surface area contributed by atoms with Gasteiger partial charge in [-0.3, -0.25) is 4.79 Å². The van der Waals surface area contributed by atoms with E-state index >= 15 is 0 Å². The molecule has 0 saturated carbocycles. The standard InChI is InChI=1S/C11H17N3OS/c1-8-13-6-9(16-8)7-14-11(15)10-4-2-3-5-12-10/h6,10,12H,2-5,7H2,1H3,(H,14,15)/t10-/m0/s1. The predicted octanol–water partition coefficient (Wildman–Crippen LogP) is 1.21. The monoisotopic (exact) mass is 239 g/mol. The number of hydrogen-bond acceptors (Lipinski definition) is 4. The van der Waals surface area contributed by atoms with Crippen LogP contribution in [0.2, 0.25) is 0 Å². The molecule has 0 bridgehead atoms. The van der Waals surface area contributed by atoms with Crippen molar-refractivity contribution in [1.82, 2.24) is 15.6 Å². The Morgan fingerprint density at radius 3 is 3.19 bits per heavy atom. The summed E-state index contributed by atoms with van der Waals surface area (Å²) in [6, 6.07) is 0.00256. The van der Waals surface area contributed by atoms with Crippen molar-refractivity contribution in [1.29, 1.82) is 0 Å². The van der Waals surface area contributed by atoms with Crippen molar-refractivity contribution in [3.05, 3.63) is 16.1 Å². The quantitative estimate of drug-likeness (QED) is 0.833. The first kappa shape index (κ1) is 11.5. The van der Waals surface area contributed by atoms with Crippen LogP contribution in [0.3, 0.4) is 0 Å². The lowest BCUT2D eigenvalue weighted by molar-refractivity contribution is -0.123. The van der Waals surface area contributed by atoms with Gasteiger partial charge in [0.15, 0.2) is 0 Å². The maximum Gasteiger partial charge on any atom is 0.237 e. The van der Waals surface area contributed by atoms with E-state index in [1.807, 2.05) is 13.1 Å². The Bertz CT molecular complexity index is 358. The molecule has 0 aliphatic carbocycles. The Kier molecular flexibility index (Phi) is 3.90. The van der Waals surface area contributed by atoms with Gasteiger partial charge < -0.3 is 10.6 Å². The van der Waals surface area contributed by atoms with Crippen LogP contribution in [0.1, 0.15) is 29.1 Å². The van der Waals surface area contributed by atoms with Crippen molar-refractivity contribution >= 4 is 17.2 Å². The smallest absolute Gasteiger partial charge is 0.237 e. The van der Waals surface area contributed by atoms with E-state index in [0.29, 0.717) is 6.54 Å². The molecule has 0 aromatic carbocycles. The molecule has 1 atom stereocenters. The molecular formula is C11H17N3OS. The van der Waals surface area contributed by atoms with Gasteiger partial charge in [0.1, 0.15) is 0 Å². The van der Waals surface area contributed by atoms with Crippen molar-refractivity contribution < 1.29 is 4.79 Å². The minimum Gasteiger partial charge on any atom is -0.350 e. The van der Waals surface area contributed by atoms with Crippen LogP contribution < -0.4 is 10.6 Å². The minimum absolute atomic E-state index is 0.00256. The molecule has 4 nitrogen and oxygen atoms in total. The Morgan fingerprint density at radius 2 is 2.56 bits per heavy atom. The Labute approximate surface area is 99.5 Å². The second-order valence-electron chi connectivity index (χ2n) is 4.07. The number of nitrogens with zero attached hydrogens (tertiary/aromatic N) is 1. The highest BCUT2D eigenvalue weighted by Gasteiger charge is 2.19. The molecule has 88 valence electrons. The van der Waals surface area contributed by atoms with Crippen molar-refractivity contribution in [2.75, 3.05) is 6.54 Å². The maximum absolute atomic E-state index is 11.8. The second-order valence-corrected chi connectivity index (χ2v) is 5.39. The number of carbonyl (C=O) groups is 1. The Balaban J connectivity index is 1.78. The van der Waals surface area contributed by atoms with Crippen molar-refractivity contribution in [3.8, 4) is 0 Å². The number of piperidine rings is 1. The summed E-state index contributed by atoms with van der Waals surface area (Å²) in [5.41, 5.74) is 0. The van der Waals surface area contributed by atoms with Gasteiger partial charge in [0.25, 0.3) is 0 Å². The number of amides is 1. The first-order chi connectivity index (χ1) is 7.75. The molecule has 0 spiro atoms. The van der Waals surface area contributed by atoms with Crippen LogP contribution in [0, 0.1) is 6.92 Å². The van der Waals surface area contributed by atoms with Crippen molar-refractivity contribution in [2.45, 2.75) is 38.8 Å². The molecule has 1 amide bonds. The summed E-state index contributed by atoms with van der Waals surface area (Å²) in [5, 5.41) is 7.23. The third kappa shape index (κ3) is 3.02. The molecule has 2 N–H and O–H groups in total. The molecule has 0 radical (unpaired) electrons. The number of aromatic nitrogens is 1. The first-order valence-electron chi connectivity index (χ1n) is 5.68. The van der Waals surface area contributed by atoms with Crippen LogP contribution in [0.5, 0.6) is 0 Å². The number of aryl methyl sites for hydroxylation is 1. The Hall–Kier alpha value is -0.940. The van der Waals surface area contributed by atoms with Gasteiger partial charge in [-0.1, -0.05) is 6.42 Å². The summed E-state index contributed by atoms with van der Waals surface area (Å²) >= 11 is 1.63. The van der Waals surface area contributed by atoms with Gasteiger partial charge in [0.2, 0.25) is 5.91 Å². The van der Waals surface area contributed by atoms with E-state index in [-0.39, 0.29) is 11.9 Å². The van der Waals surface area contributed by atoms with Crippen LogP contribution in [0.4, 0.5) is 0 Å². The summed E-state index contributed by atoms with van der Waals surface area (Å²) in [6.07, 6.45) is 5.10. The average Bonchev–Trinajstić information content (AvgIpc) is 2.73. The van der Waals surface area contributed by atoms with Gasteiger partial charge in [0, 0.05) is 11.1 Å². The molecule has 1 aliphatic heterocycles. The molecule has 1 saturated heterocycles. The van der Waals surface area contributed by atoms with E-state index < -0.39 is 0 Å². The van der Waals surface area contributed by atoms with Crippen LogP contribution in [0.25, 0.3) is 0 Å². The minimum atomic E-state index is 0.00256. The van der Waals surface area contributed by atoms with Crippen LogP contribution in [-0.2, 0) is 11.3 Å². The highest BCUT2D eigenvalue weighted by molar-refractivity contribution is 7.11. The average molecular weight is 239 g/mol. The summed E-state index contributed by atoms with van der Waals surface area (Å²) < 4.78 is 0.